The highest BCUT2D eigenvalue weighted by atomic mass is 32.1. The summed E-state index contributed by atoms with van der Waals surface area (Å²) in [4.78, 5) is 18.8. The number of carbonyl (C=O) groups excluding carboxylic acids is 1. The minimum Gasteiger partial charge on any atom is -0.467 e. The van der Waals surface area contributed by atoms with Gasteiger partial charge in [-0.3, -0.25) is 4.79 Å². The first-order valence-electron chi connectivity index (χ1n) is 6.94. The Balaban J connectivity index is 2.08. The average molecular weight is 316 g/mol. The van der Waals surface area contributed by atoms with Crippen molar-refractivity contribution in [2.24, 2.45) is 27.5 Å². The van der Waals surface area contributed by atoms with Gasteiger partial charge in [-0.1, -0.05) is 26.1 Å². The molecule has 6 nitrogen and oxygen atoms in total. The maximum atomic E-state index is 12.5. The second kappa shape index (κ2) is 4.65. The summed E-state index contributed by atoms with van der Waals surface area (Å²) < 4.78 is 5.35. The van der Waals surface area contributed by atoms with Gasteiger partial charge >= 0.3 is 0 Å². The van der Waals surface area contributed by atoms with Crippen molar-refractivity contribution in [3.8, 4) is 6.07 Å². The summed E-state index contributed by atoms with van der Waals surface area (Å²) in [6.45, 7) is 4.32. The highest BCUT2D eigenvalue weighted by Gasteiger charge is 2.64. The fourth-order valence-electron chi connectivity index (χ4n) is 3.37. The molecule has 2 unspecified atom stereocenters. The summed E-state index contributed by atoms with van der Waals surface area (Å²) in [5, 5.41) is 9.74. The Morgan fingerprint density at radius 2 is 2.36 bits per heavy atom. The van der Waals surface area contributed by atoms with Crippen LogP contribution < -0.4 is 5.73 Å². The normalized spacial score (nSPS) is 30.0. The van der Waals surface area contributed by atoms with Crippen molar-refractivity contribution < 1.29 is 9.21 Å². The highest BCUT2D eigenvalue weighted by Crippen LogP contribution is 2.53. The number of carbonyl (C=O) groups is 1. The van der Waals surface area contributed by atoms with Crippen LogP contribution in [0.1, 0.15) is 19.6 Å². The Kier molecular flexibility index (Phi) is 3.11. The minimum absolute atomic E-state index is 0.190. The summed E-state index contributed by atoms with van der Waals surface area (Å²) in [7, 11) is 0. The van der Waals surface area contributed by atoms with Gasteiger partial charge in [-0.05, 0) is 12.1 Å². The first kappa shape index (κ1) is 14.7. The number of furan rings is 1. The van der Waals surface area contributed by atoms with E-state index in [1.165, 1.54) is 0 Å². The molecule has 0 radical (unpaired) electrons. The molecule has 3 rings (SSSR count). The largest absolute Gasteiger partial charge is 0.467 e. The van der Waals surface area contributed by atoms with Crippen molar-refractivity contribution >= 4 is 28.9 Å². The summed E-state index contributed by atoms with van der Waals surface area (Å²) >= 11 is 5.57. The van der Waals surface area contributed by atoms with Gasteiger partial charge in [0.1, 0.15) is 11.6 Å². The average Bonchev–Trinajstić information content (AvgIpc) is 2.93. The third-order valence-corrected chi connectivity index (χ3v) is 5.31. The number of hydrogen-bond acceptors (Lipinski definition) is 5. The number of amidine groups is 1. The van der Waals surface area contributed by atoms with Crippen molar-refractivity contribution in [3.63, 3.8) is 0 Å². The van der Waals surface area contributed by atoms with Gasteiger partial charge in [0, 0.05) is 12.0 Å². The number of thiocarbonyl (C=S) groups is 1. The van der Waals surface area contributed by atoms with Gasteiger partial charge in [-0.2, -0.15) is 10.3 Å². The van der Waals surface area contributed by atoms with E-state index in [0.717, 1.165) is 5.76 Å². The molecule has 1 saturated heterocycles. The first-order chi connectivity index (χ1) is 10.3. The molecule has 2 atom stereocenters. The molecule has 114 valence electrons. The topological polar surface area (TPSA) is 95.6 Å². The molecular formula is C15H16N4O2S. The Labute approximate surface area is 133 Å². The number of nitrogens with zero attached hydrogens (tertiary/aromatic N) is 3. The second-order valence-electron chi connectivity index (χ2n) is 6.29. The van der Waals surface area contributed by atoms with E-state index in [9.17, 15) is 10.1 Å². The van der Waals surface area contributed by atoms with Gasteiger partial charge in [0.25, 0.3) is 5.91 Å². The summed E-state index contributed by atoms with van der Waals surface area (Å²) in [5.74, 6) is 0.00968. The standard InChI is InChI=1S/C15H16N4O2S/c1-14(2)10-11(17)18-13(20)15(14,7-16)8-19(12(10)22)6-9-4-3-5-21-9/h3-5,10H,6,8H2,1-2H3,(H2,17,18,20). The Morgan fingerprint density at radius 1 is 1.64 bits per heavy atom. The molecule has 2 N–H and O–H groups in total. The lowest BCUT2D eigenvalue weighted by Gasteiger charge is -2.54. The lowest BCUT2D eigenvalue weighted by molar-refractivity contribution is -0.134. The molecule has 7 heteroatoms. The van der Waals surface area contributed by atoms with E-state index in [-0.39, 0.29) is 12.4 Å². The van der Waals surface area contributed by atoms with Crippen LogP contribution in [0.3, 0.4) is 0 Å². The smallest absolute Gasteiger partial charge is 0.270 e. The van der Waals surface area contributed by atoms with Crippen molar-refractivity contribution in [1.82, 2.24) is 4.90 Å². The molecule has 1 amide bonds. The molecule has 1 aromatic heterocycles. The molecule has 0 aliphatic carbocycles. The van der Waals surface area contributed by atoms with E-state index in [2.05, 4.69) is 11.1 Å². The molecule has 2 aliphatic rings. The Bertz CT molecular complexity index is 716. The number of nitrogens with two attached hydrogens (primary N) is 1. The molecule has 3 heterocycles. The predicted molar refractivity (Wildman–Crippen MR) is 83.7 cm³/mol. The van der Waals surface area contributed by atoms with Crippen LogP contribution in [-0.2, 0) is 11.3 Å². The Morgan fingerprint density at radius 3 is 2.95 bits per heavy atom. The van der Waals surface area contributed by atoms with Crippen LogP contribution in [-0.4, -0.2) is 28.2 Å². The van der Waals surface area contributed by atoms with Gasteiger partial charge in [0.05, 0.1) is 29.8 Å². The van der Waals surface area contributed by atoms with Gasteiger partial charge in [-0.25, -0.2) is 0 Å². The van der Waals surface area contributed by atoms with E-state index in [1.54, 1.807) is 12.3 Å². The first-order valence-corrected chi connectivity index (χ1v) is 7.35. The van der Waals surface area contributed by atoms with Gasteiger partial charge in [0.2, 0.25) is 0 Å². The molecule has 22 heavy (non-hydrogen) atoms. The number of likely N-dealkylation sites (tertiary alicyclic amines) is 1. The van der Waals surface area contributed by atoms with Crippen LogP contribution in [0.25, 0.3) is 0 Å². The van der Waals surface area contributed by atoms with Crippen molar-refractivity contribution in [2.75, 3.05) is 6.54 Å². The van der Waals surface area contributed by atoms with Gasteiger partial charge < -0.3 is 15.1 Å². The van der Waals surface area contributed by atoms with Crippen LogP contribution in [0.5, 0.6) is 0 Å². The van der Waals surface area contributed by atoms with Crippen LogP contribution in [0.4, 0.5) is 0 Å². The predicted octanol–water partition coefficient (Wildman–Crippen LogP) is 1.47. The van der Waals surface area contributed by atoms with E-state index in [4.69, 9.17) is 22.4 Å². The number of hydrogen-bond donors (Lipinski definition) is 1. The zero-order valence-corrected chi connectivity index (χ0v) is 13.2. The quantitative estimate of drug-likeness (QED) is 0.830. The number of rotatable bonds is 2. The van der Waals surface area contributed by atoms with Crippen LogP contribution in [0, 0.1) is 28.1 Å². The number of aliphatic imine (C=N–C) groups is 1. The van der Waals surface area contributed by atoms with E-state index < -0.39 is 22.7 Å². The summed E-state index contributed by atoms with van der Waals surface area (Å²) in [5.41, 5.74) is 4.03. The van der Waals surface area contributed by atoms with Gasteiger partial charge in [0.15, 0.2) is 5.41 Å². The van der Waals surface area contributed by atoms with E-state index in [1.807, 2.05) is 24.8 Å². The van der Waals surface area contributed by atoms with Crippen molar-refractivity contribution in [3.05, 3.63) is 24.2 Å². The summed E-state index contributed by atoms with van der Waals surface area (Å²) in [6, 6.07) is 5.81. The highest BCUT2D eigenvalue weighted by molar-refractivity contribution is 7.80. The SMILES string of the molecule is CC1(C)C2C(=S)N(Cc3ccco3)CC1(C#N)C(=O)N=C2N. The zero-order valence-electron chi connectivity index (χ0n) is 12.4. The zero-order chi connectivity index (χ0) is 16.1. The molecule has 2 aliphatic heterocycles. The van der Waals surface area contributed by atoms with Crippen LogP contribution in [0.15, 0.2) is 27.8 Å². The minimum atomic E-state index is -1.25. The number of fused-ring (bicyclic) bond motifs is 2. The number of nitriles is 1. The second-order valence-corrected chi connectivity index (χ2v) is 6.71. The lowest BCUT2D eigenvalue weighted by atomic mass is 9.55. The maximum absolute atomic E-state index is 12.5. The van der Waals surface area contributed by atoms with Crippen molar-refractivity contribution in [1.29, 1.82) is 5.26 Å². The monoisotopic (exact) mass is 316 g/mol. The molecule has 0 aromatic carbocycles. The summed E-state index contributed by atoms with van der Waals surface area (Å²) in [6.07, 6.45) is 1.58. The maximum Gasteiger partial charge on any atom is 0.270 e. The van der Waals surface area contributed by atoms with E-state index in [0.29, 0.717) is 11.5 Å². The van der Waals surface area contributed by atoms with Crippen LogP contribution >= 0.6 is 12.2 Å². The molecule has 0 spiro atoms. The third-order valence-electron chi connectivity index (χ3n) is 4.82. The fraction of sp³-hybridized carbons (Fsp3) is 0.467. The van der Waals surface area contributed by atoms with Crippen LogP contribution in [0.2, 0.25) is 0 Å². The fourth-order valence-corrected chi connectivity index (χ4v) is 3.92. The Hall–Kier alpha value is -2.20. The molecular weight excluding hydrogens is 300 g/mol. The molecule has 1 aromatic rings. The molecule has 0 saturated carbocycles. The number of piperidine rings is 1. The van der Waals surface area contributed by atoms with Crippen molar-refractivity contribution in [2.45, 2.75) is 20.4 Å². The van der Waals surface area contributed by atoms with Gasteiger partial charge in [-0.15, -0.1) is 0 Å². The molecule has 1 fully saturated rings. The van der Waals surface area contributed by atoms with E-state index >= 15 is 0 Å². The lowest BCUT2D eigenvalue weighted by Crippen LogP contribution is -2.67. The third kappa shape index (κ3) is 1.74. The molecule has 2 bridgehead atoms. The number of amides is 1.